The van der Waals surface area contributed by atoms with E-state index in [1.54, 1.807) is 13.2 Å². The first-order valence-electron chi connectivity index (χ1n) is 10.6. The van der Waals surface area contributed by atoms with Crippen molar-refractivity contribution in [2.24, 2.45) is 0 Å². The summed E-state index contributed by atoms with van der Waals surface area (Å²) in [6.07, 6.45) is 8.59. The van der Waals surface area contributed by atoms with Gasteiger partial charge in [0.15, 0.2) is 5.78 Å². The van der Waals surface area contributed by atoms with Gasteiger partial charge in [-0.05, 0) is 31.9 Å². The fourth-order valence-electron chi connectivity index (χ4n) is 3.68. The summed E-state index contributed by atoms with van der Waals surface area (Å²) >= 11 is 0. The van der Waals surface area contributed by atoms with Crippen LogP contribution in [0.25, 0.3) is 22.2 Å². The van der Waals surface area contributed by atoms with E-state index in [0.29, 0.717) is 12.1 Å². The highest BCUT2D eigenvalue weighted by atomic mass is 16.5. The number of Topliss-reactive ketones (excluding diaryl/α,β-unsaturated/α-hetero) is 1. The van der Waals surface area contributed by atoms with Crippen LogP contribution >= 0.6 is 0 Å². The van der Waals surface area contributed by atoms with E-state index in [2.05, 4.69) is 32.2 Å². The Morgan fingerprint density at radius 2 is 2.00 bits per heavy atom. The van der Waals surface area contributed by atoms with Gasteiger partial charge in [0, 0.05) is 41.6 Å². The highest BCUT2D eigenvalue weighted by Crippen LogP contribution is 2.33. The molecule has 0 spiro atoms. The topological polar surface area (TPSA) is 93.9 Å². The number of aryl methyl sites for hydroxylation is 2. The minimum Gasteiger partial charge on any atom is -0.496 e. The summed E-state index contributed by atoms with van der Waals surface area (Å²) in [6.45, 7) is 1.98. The third-order valence-electron chi connectivity index (χ3n) is 5.36. The van der Waals surface area contributed by atoms with Gasteiger partial charge in [-0.2, -0.15) is 0 Å². The maximum atomic E-state index is 11.9. The molecular formula is C24H26N4O3. The van der Waals surface area contributed by atoms with E-state index in [4.69, 9.17) is 9.26 Å². The Hall–Kier alpha value is -3.48. The Kier molecular flexibility index (Phi) is 6.40. The Bertz CT molecular complexity index is 1170. The number of aromatic nitrogens is 4. The van der Waals surface area contributed by atoms with Crippen molar-refractivity contribution in [3.05, 3.63) is 60.0 Å². The maximum Gasteiger partial charge on any atom is 0.184 e. The quantitative estimate of drug-likeness (QED) is 0.277. The summed E-state index contributed by atoms with van der Waals surface area (Å²) in [6, 6.07) is 9.75. The number of hydrogen-bond donors (Lipinski definition) is 1. The lowest BCUT2D eigenvalue weighted by Gasteiger charge is -2.09. The fourth-order valence-corrected chi connectivity index (χ4v) is 3.68. The molecule has 0 aliphatic carbocycles. The highest BCUT2D eigenvalue weighted by molar-refractivity contribution is 5.93. The maximum absolute atomic E-state index is 11.9. The summed E-state index contributed by atoms with van der Waals surface area (Å²) in [4.78, 5) is 24.4. The standard InChI is InChI=1S/C24H26N4O3/c1-16-9-10-17-13-18(23(30-2)14-20(17)26-16)21-15-25-24(27-21)8-6-4-3-5-7-22(29)19-11-12-31-28-19/h9-15H,3-8H2,1-2H3,(H,25,27). The number of fused-ring (bicyclic) bond motifs is 1. The van der Waals surface area contributed by atoms with Crippen LogP contribution < -0.4 is 4.74 Å². The first-order chi connectivity index (χ1) is 15.1. The first kappa shape index (κ1) is 20.8. The van der Waals surface area contributed by atoms with Crippen molar-refractivity contribution in [3.8, 4) is 17.0 Å². The predicted molar refractivity (Wildman–Crippen MR) is 118 cm³/mol. The number of benzene rings is 1. The monoisotopic (exact) mass is 418 g/mol. The summed E-state index contributed by atoms with van der Waals surface area (Å²) < 4.78 is 10.3. The molecule has 0 fully saturated rings. The Morgan fingerprint density at radius 1 is 1.13 bits per heavy atom. The number of imidazole rings is 1. The molecule has 3 heterocycles. The van der Waals surface area contributed by atoms with Crippen LogP contribution in [0.1, 0.15) is 54.1 Å². The van der Waals surface area contributed by atoms with E-state index in [1.165, 1.54) is 6.26 Å². The summed E-state index contributed by atoms with van der Waals surface area (Å²) in [5, 5.41) is 4.75. The molecule has 1 N–H and O–H groups in total. The van der Waals surface area contributed by atoms with Crippen LogP contribution in [-0.2, 0) is 6.42 Å². The first-order valence-corrected chi connectivity index (χ1v) is 10.6. The zero-order valence-corrected chi connectivity index (χ0v) is 17.9. The fraction of sp³-hybridized carbons (Fsp3) is 0.333. The Morgan fingerprint density at radius 3 is 2.81 bits per heavy atom. The Balaban J connectivity index is 1.31. The van der Waals surface area contributed by atoms with E-state index in [-0.39, 0.29) is 5.78 Å². The molecule has 0 saturated carbocycles. The number of unbranched alkanes of at least 4 members (excludes halogenated alkanes) is 3. The number of pyridine rings is 1. The van der Waals surface area contributed by atoms with E-state index < -0.39 is 0 Å². The minimum atomic E-state index is 0.0409. The molecule has 4 aromatic rings. The van der Waals surface area contributed by atoms with Crippen LogP contribution in [0.5, 0.6) is 5.75 Å². The normalized spacial score (nSPS) is 11.2. The van der Waals surface area contributed by atoms with Gasteiger partial charge in [0.2, 0.25) is 0 Å². The van der Waals surface area contributed by atoms with Crippen molar-refractivity contribution in [2.75, 3.05) is 7.11 Å². The van der Waals surface area contributed by atoms with Crippen LogP contribution in [0.4, 0.5) is 0 Å². The van der Waals surface area contributed by atoms with Crippen LogP contribution in [0.2, 0.25) is 0 Å². The van der Waals surface area contributed by atoms with Crippen LogP contribution in [0.3, 0.4) is 0 Å². The lowest BCUT2D eigenvalue weighted by Crippen LogP contribution is -1.99. The van der Waals surface area contributed by atoms with Crippen molar-refractivity contribution in [3.63, 3.8) is 0 Å². The van der Waals surface area contributed by atoms with Gasteiger partial charge in [-0.1, -0.05) is 24.1 Å². The van der Waals surface area contributed by atoms with Crippen LogP contribution in [0.15, 0.2) is 47.3 Å². The molecule has 0 amide bonds. The van der Waals surface area contributed by atoms with Gasteiger partial charge in [0.1, 0.15) is 23.5 Å². The number of hydrogen-bond acceptors (Lipinski definition) is 6. The molecule has 1 aromatic carbocycles. The van der Waals surface area contributed by atoms with Gasteiger partial charge in [-0.15, -0.1) is 0 Å². The second kappa shape index (κ2) is 9.55. The van der Waals surface area contributed by atoms with Gasteiger partial charge in [-0.3, -0.25) is 9.78 Å². The largest absolute Gasteiger partial charge is 0.496 e. The molecule has 0 saturated heterocycles. The predicted octanol–water partition coefficient (Wildman–Crippen LogP) is 5.31. The van der Waals surface area contributed by atoms with E-state index in [1.807, 2.05) is 25.3 Å². The number of H-pyrrole nitrogens is 1. The second-order valence-electron chi connectivity index (χ2n) is 7.66. The number of nitrogens with zero attached hydrogens (tertiary/aromatic N) is 3. The number of ether oxygens (including phenoxy) is 1. The summed E-state index contributed by atoms with van der Waals surface area (Å²) in [5.74, 6) is 1.77. The van der Waals surface area contributed by atoms with Gasteiger partial charge >= 0.3 is 0 Å². The van der Waals surface area contributed by atoms with Gasteiger partial charge in [0.05, 0.1) is 24.5 Å². The average molecular weight is 418 g/mol. The number of rotatable bonds is 10. The van der Waals surface area contributed by atoms with Gasteiger partial charge in [-0.25, -0.2) is 4.98 Å². The lowest BCUT2D eigenvalue weighted by atomic mass is 10.1. The molecule has 7 heteroatoms. The van der Waals surface area contributed by atoms with E-state index in [0.717, 1.165) is 71.5 Å². The Labute approximate surface area is 180 Å². The third kappa shape index (κ3) is 4.99. The third-order valence-corrected chi connectivity index (χ3v) is 5.36. The number of nitrogens with one attached hydrogen (secondary N) is 1. The molecule has 160 valence electrons. The minimum absolute atomic E-state index is 0.0409. The lowest BCUT2D eigenvalue weighted by molar-refractivity contribution is 0.0970. The number of methoxy groups -OCH3 is 1. The van der Waals surface area contributed by atoms with Crippen molar-refractivity contribution in [2.45, 2.75) is 45.4 Å². The SMILES string of the molecule is COc1cc2nc(C)ccc2cc1-c1cnc(CCCCCCC(=O)c2ccon2)[nH]1. The number of carbonyl (C=O) groups is 1. The molecule has 0 aliphatic heterocycles. The van der Waals surface area contributed by atoms with E-state index >= 15 is 0 Å². The molecular weight excluding hydrogens is 392 g/mol. The van der Waals surface area contributed by atoms with Crippen molar-refractivity contribution in [1.82, 2.24) is 20.1 Å². The van der Waals surface area contributed by atoms with E-state index in [9.17, 15) is 4.79 Å². The molecule has 3 aromatic heterocycles. The van der Waals surface area contributed by atoms with Crippen LogP contribution in [-0.4, -0.2) is 33.0 Å². The summed E-state index contributed by atoms with van der Waals surface area (Å²) in [5.41, 5.74) is 4.23. The molecule has 0 radical (unpaired) electrons. The molecule has 31 heavy (non-hydrogen) atoms. The molecule has 0 aliphatic rings. The molecule has 0 atom stereocenters. The smallest absolute Gasteiger partial charge is 0.184 e. The molecule has 0 unspecified atom stereocenters. The van der Waals surface area contributed by atoms with Gasteiger partial charge in [0.25, 0.3) is 0 Å². The molecule has 0 bridgehead atoms. The number of ketones is 1. The average Bonchev–Trinajstić information content (AvgIpc) is 3.47. The zero-order valence-electron chi connectivity index (χ0n) is 17.9. The highest BCUT2D eigenvalue weighted by Gasteiger charge is 2.12. The second-order valence-corrected chi connectivity index (χ2v) is 7.66. The van der Waals surface area contributed by atoms with Crippen molar-refractivity contribution >= 4 is 16.7 Å². The van der Waals surface area contributed by atoms with Crippen molar-refractivity contribution in [1.29, 1.82) is 0 Å². The number of aromatic amines is 1. The zero-order chi connectivity index (χ0) is 21.6. The number of carbonyl (C=O) groups excluding carboxylic acids is 1. The van der Waals surface area contributed by atoms with Crippen LogP contribution in [0, 0.1) is 6.92 Å². The van der Waals surface area contributed by atoms with Crippen molar-refractivity contribution < 1.29 is 14.1 Å². The van der Waals surface area contributed by atoms with Gasteiger partial charge < -0.3 is 14.2 Å². The molecule has 4 rings (SSSR count). The molecule has 7 nitrogen and oxygen atoms in total. The summed E-state index contributed by atoms with van der Waals surface area (Å²) in [7, 11) is 1.67.